The number of fused-ring (bicyclic) bond motifs is 1. The number of nitrogens with zero attached hydrogens (tertiary/aromatic N) is 3. The van der Waals surface area contributed by atoms with Gasteiger partial charge in [0.2, 0.25) is 0 Å². The average molecular weight is 378 g/mol. The summed E-state index contributed by atoms with van der Waals surface area (Å²) in [4.78, 5) is 12.7. The standard InChI is InChI=1S/C16H25F3N4O3/c1-10(23(14(24)25)15(2,3)4)8-26-9-11-13(16(17,18)19)12-7-20-5-6-22(12)21-11/h10,20H,5-9H2,1-4H3,(H,24,25)/t10-/m0/s1. The number of rotatable bonds is 5. The molecule has 1 aromatic heterocycles. The van der Waals surface area contributed by atoms with Crippen LogP contribution in [0.3, 0.4) is 0 Å². The quantitative estimate of drug-likeness (QED) is 0.824. The second-order valence-electron chi connectivity index (χ2n) is 7.35. The van der Waals surface area contributed by atoms with E-state index in [1.165, 1.54) is 9.58 Å². The monoisotopic (exact) mass is 378 g/mol. The zero-order chi connectivity index (χ0) is 19.7. The van der Waals surface area contributed by atoms with Crippen LogP contribution in [0.25, 0.3) is 0 Å². The second-order valence-corrected chi connectivity index (χ2v) is 7.35. The lowest BCUT2D eigenvalue weighted by Crippen LogP contribution is -2.51. The van der Waals surface area contributed by atoms with Gasteiger partial charge in [-0.1, -0.05) is 0 Å². The highest BCUT2D eigenvalue weighted by molar-refractivity contribution is 5.66. The second kappa shape index (κ2) is 7.43. The molecule has 0 unspecified atom stereocenters. The third kappa shape index (κ3) is 4.47. The molecule has 26 heavy (non-hydrogen) atoms. The lowest BCUT2D eigenvalue weighted by Gasteiger charge is -2.37. The van der Waals surface area contributed by atoms with E-state index in [2.05, 4.69) is 10.4 Å². The number of ether oxygens (including phenoxy) is 1. The zero-order valence-electron chi connectivity index (χ0n) is 15.4. The fourth-order valence-electron chi connectivity index (χ4n) is 3.27. The summed E-state index contributed by atoms with van der Waals surface area (Å²) in [5, 5.41) is 16.3. The van der Waals surface area contributed by atoms with E-state index in [0.29, 0.717) is 13.1 Å². The molecule has 148 valence electrons. The lowest BCUT2D eigenvalue weighted by atomic mass is 10.0. The minimum absolute atomic E-state index is 0.0265. The van der Waals surface area contributed by atoms with Gasteiger partial charge in [-0.3, -0.25) is 9.58 Å². The Balaban J connectivity index is 2.10. The van der Waals surface area contributed by atoms with Gasteiger partial charge in [0.05, 0.1) is 31.5 Å². The number of hydrogen-bond donors (Lipinski definition) is 2. The summed E-state index contributed by atoms with van der Waals surface area (Å²) in [7, 11) is 0. The molecule has 7 nitrogen and oxygen atoms in total. The van der Waals surface area contributed by atoms with Crippen molar-refractivity contribution in [3.05, 3.63) is 17.0 Å². The smallest absolute Gasteiger partial charge is 0.420 e. The van der Waals surface area contributed by atoms with Gasteiger partial charge in [-0.05, 0) is 27.7 Å². The maximum atomic E-state index is 13.4. The molecule has 2 rings (SSSR count). The highest BCUT2D eigenvalue weighted by Crippen LogP contribution is 2.35. The molecular formula is C16H25F3N4O3. The van der Waals surface area contributed by atoms with E-state index in [-0.39, 0.29) is 31.1 Å². The highest BCUT2D eigenvalue weighted by atomic mass is 19.4. The number of nitrogens with one attached hydrogen (secondary N) is 1. The molecule has 1 aliphatic heterocycles. The summed E-state index contributed by atoms with van der Waals surface area (Å²) in [6, 6.07) is -0.513. The van der Waals surface area contributed by atoms with E-state index < -0.39 is 29.4 Å². The molecule has 1 aromatic rings. The normalized spacial score (nSPS) is 16.3. The molecule has 0 saturated heterocycles. The van der Waals surface area contributed by atoms with Crippen LogP contribution in [0.5, 0.6) is 0 Å². The van der Waals surface area contributed by atoms with Crippen LogP contribution in [-0.4, -0.2) is 50.6 Å². The topological polar surface area (TPSA) is 79.6 Å². The molecule has 10 heteroatoms. The summed E-state index contributed by atoms with van der Waals surface area (Å²) in [5.74, 6) is 0. The van der Waals surface area contributed by atoms with Crippen molar-refractivity contribution in [3.63, 3.8) is 0 Å². The molecule has 0 fully saturated rings. The van der Waals surface area contributed by atoms with Gasteiger partial charge in [-0.15, -0.1) is 0 Å². The molecule has 0 spiro atoms. The average Bonchev–Trinajstić information content (AvgIpc) is 2.83. The van der Waals surface area contributed by atoms with E-state index in [9.17, 15) is 23.1 Å². The van der Waals surface area contributed by atoms with Crippen LogP contribution in [0.1, 0.15) is 44.6 Å². The van der Waals surface area contributed by atoms with Crippen LogP contribution in [0.2, 0.25) is 0 Å². The molecule has 0 aromatic carbocycles. The van der Waals surface area contributed by atoms with Crippen molar-refractivity contribution in [2.45, 2.75) is 65.1 Å². The first-order valence-corrected chi connectivity index (χ1v) is 8.39. The van der Waals surface area contributed by atoms with Crippen molar-refractivity contribution in [2.24, 2.45) is 0 Å². The summed E-state index contributed by atoms with van der Waals surface area (Å²) >= 11 is 0. The van der Waals surface area contributed by atoms with E-state index in [1.807, 2.05) is 0 Å². The van der Waals surface area contributed by atoms with Gasteiger partial charge in [0, 0.05) is 18.6 Å². The number of alkyl halides is 3. The van der Waals surface area contributed by atoms with Crippen molar-refractivity contribution >= 4 is 6.09 Å². The third-order valence-electron chi connectivity index (χ3n) is 4.17. The van der Waals surface area contributed by atoms with Crippen LogP contribution in [-0.2, 0) is 30.6 Å². The van der Waals surface area contributed by atoms with Gasteiger partial charge >= 0.3 is 12.3 Å². The van der Waals surface area contributed by atoms with Crippen molar-refractivity contribution in [1.29, 1.82) is 0 Å². The molecule has 0 bridgehead atoms. The van der Waals surface area contributed by atoms with Gasteiger partial charge < -0.3 is 15.2 Å². The number of amides is 1. The summed E-state index contributed by atoms with van der Waals surface area (Å²) in [6.07, 6.45) is -5.62. The predicted octanol–water partition coefficient (Wildman–Crippen LogP) is 2.69. The SMILES string of the molecule is C[C@@H](COCc1nn2c(c1C(F)(F)F)CNCC2)N(C(=O)O)C(C)(C)C. The molecule has 0 aliphatic carbocycles. The van der Waals surface area contributed by atoms with Crippen molar-refractivity contribution < 1.29 is 27.8 Å². The number of hydrogen-bond acceptors (Lipinski definition) is 4. The minimum Gasteiger partial charge on any atom is -0.465 e. The first kappa shape index (κ1) is 20.5. The number of carbonyl (C=O) groups is 1. The highest BCUT2D eigenvalue weighted by Gasteiger charge is 2.40. The molecule has 0 saturated carbocycles. The first-order chi connectivity index (χ1) is 11.9. The Kier molecular flexibility index (Phi) is 5.86. The van der Waals surface area contributed by atoms with Crippen molar-refractivity contribution in [3.8, 4) is 0 Å². The lowest BCUT2D eigenvalue weighted by molar-refractivity contribution is -0.139. The van der Waals surface area contributed by atoms with E-state index >= 15 is 0 Å². The van der Waals surface area contributed by atoms with Crippen molar-refractivity contribution in [2.75, 3.05) is 13.2 Å². The van der Waals surface area contributed by atoms with Crippen LogP contribution in [0.4, 0.5) is 18.0 Å². The number of aromatic nitrogens is 2. The minimum atomic E-state index is -4.52. The van der Waals surface area contributed by atoms with Gasteiger partial charge in [0.15, 0.2) is 0 Å². The molecule has 1 aliphatic rings. The predicted molar refractivity (Wildman–Crippen MR) is 87.7 cm³/mol. The van der Waals surface area contributed by atoms with E-state index in [0.717, 1.165) is 0 Å². The Hall–Kier alpha value is -1.81. The van der Waals surface area contributed by atoms with Crippen LogP contribution in [0.15, 0.2) is 0 Å². The molecule has 1 amide bonds. The van der Waals surface area contributed by atoms with Crippen LogP contribution < -0.4 is 5.32 Å². The largest absolute Gasteiger partial charge is 0.465 e. The Morgan fingerprint density at radius 1 is 1.42 bits per heavy atom. The maximum absolute atomic E-state index is 13.4. The maximum Gasteiger partial charge on any atom is 0.420 e. The van der Waals surface area contributed by atoms with Crippen LogP contribution >= 0.6 is 0 Å². The van der Waals surface area contributed by atoms with Crippen molar-refractivity contribution in [1.82, 2.24) is 20.0 Å². The van der Waals surface area contributed by atoms with Gasteiger partial charge in [0.25, 0.3) is 0 Å². The Morgan fingerprint density at radius 3 is 2.62 bits per heavy atom. The zero-order valence-corrected chi connectivity index (χ0v) is 15.4. The molecule has 0 radical (unpaired) electrons. The molecule has 2 heterocycles. The molecule has 2 N–H and O–H groups in total. The first-order valence-electron chi connectivity index (χ1n) is 8.39. The fraction of sp³-hybridized carbons (Fsp3) is 0.750. The molecular weight excluding hydrogens is 353 g/mol. The van der Waals surface area contributed by atoms with Gasteiger partial charge in [0.1, 0.15) is 11.3 Å². The Morgan fingerprint density at radius 2 is 2.08 bits per heavy atom. The summed E-state index contributed by atoms with van der Waals surface area (Å²) in [6.45, 7) is 7.58. The number of halogens is 3. The van der Waals surface area contributed by atoms with E-state index in [4.69, 9.17) is 4.74 Å². The van der Waals surface area contributed by atoms with Gasteiger partial charge in [-0.2, -0.15) is 18.3 Å². The Bertz CT molecular complexity index is 652. The number of carboxylic acid groups (broad SMARTS) is 1. The van der Waals surface area contributed by atoms with Gasteiger partial charge in [-0.25, -0.2) is 4.79 Å². The third-order valence-corrected chi connectivity index (χ3v) is 4.17. The Labute approximate surface area is 150 Å². The van der Waals surface area contributed by atoms with E-state index in [1.54, 1.807) is 27.7 Å². The summed E-state index contributed by atoms with van der Waals surface area (Å²) < 4.78 is 47.1. The summed E-state index contributed by atoms with van der Waals surface area (Å²) in [5.41, 5.74) is -1.47. The molecule has 1 atom stereocenters. The fourth-order valence-corrected chi connectivity index (χ4v) is 3.27. The van der Waals surface area contributed by atoms with Crippen LogP contribution in [0, 0.1) is 0 Å².